The van der Waals surface area contributed by atoms with Crippen molar-refractivity contribution in [1.29, 1.82) is 0 Å². The summed E-state index contributed by atoms with van der Waals surface area (Å²) in [5.41, 5.74) is 1.42. The van der Waals surface area contributed by atoms with Crippen molar-refractivity contribution >= 4 is 28.2 Å². The first-order chi connectivity index (χ1) is 15.9. The first-order valence-corrected chi connectivity index (χ1v) is 11.4. The molecule has 0 aliphatic carbocycles. The summed E-state index contributed by atoms with van der Waals surface area (Å²) < 4.78 is 5.74. The number of hydrogen-bond acceptors (Lipinski definition) is 4. The SMILES string of the molecule is CCCCN1C(=O)C(=O)/C(=C(\O)c2ccc3ccccc3c2)C1c1ccc(OC(C)C)cc1. The predicted octanol–water partition coefficient (Wildman–Crippen LogP) is 5.85. The van der Waals surface area contributed by atoms with Crippen LogP contribution in [-0.4, -0.2) is 34.3 Å². The van der Waals surface area contributed by atoms with E-state index in [2.05, 4.69) is 0 Å². The van der Waals surface area contributed by atoms with Crippen LogP contribution in [-0.2, 0) is 9.59 Å². The van der Waals surface area contributed by atoms with Gasteiger partial charge in [-0.25, -0.2) is 0 Å². The monoisotopic (exact) mass is 443 g/mol. The fourth-order valence-electron chi connectivity index (χ4n) is 4.28. The molecule has 0 radical (unpaired) electrons. The number of likely N-dealkylation sites (tertiary alicyclic amines) is 1. The van der Waals surface area contributed by atoms with Gasteiger partial charge >= 0.3 is 0 Å². The van der Waals surface area contributed by atoms with Gasteiger partial charge in [0, 0.05) is 12.1 Å². The number of ether oxygens (including phenoxy) is 1. The summed E-state index contributed by atoms with van der Waals surface area (Å²) in [5.74, 6) is -0.651. The number of carbonyl (C=O) groups excluding carboxylic acids is 2. The molecule has 1 N–H and O–H groups in total. The summed E-state index contributed by atoms with van der Waals surface area (Å²) in [6.45, 7) is 6.40. The molecule has 0 bridgehead atoms. The number of aliphatic hydroxyl groups excluding tert-OH is 1. The van der Waals surface area contributed by atoms with Crippen molar-refractivity contribution < 1.29 is 19.4 Å². The van der Waals surface area contributed by atoms with E-state index in [-0.39, 0.29) is 17.4 Å². The van der Waals surface area contributed by atoms with Crippen molar-refractivity contribution in [1.82, 2.24) is 4.90 Å². The van der Waals surface area contributed by atoms with Gasteiger partial charge in [0.05, 0.1) is 17.7 Å². The number of fused-ring (bicyclic) bond motifs is 1. The van der Waals surface area contributed by atoms with Crippen LogP contribution in [0.3, 0.4) is 0 Å². The fraction of sp³-hybridized carbons (Fsp3) is 0.286. The maximum Gasteiger partial charge on any atom is 0.295 e. The second kappa shape index (κ2) is 9.49. The zero-order chi connectivity index (χ0) is 23.5. The topological polar surface area (TPSA) is 66.8 Å². The third-order valence-electron chi connectivity index (χ3n) is 5.88. The van der Waals surface area contributed by atoms with E-state index in [1.54, 1.807) is 11.0 Å². The molecule has 0 aromatic heterocycles. The summed E-state index contributed by atoms with van der Waals surface area (Å²) >= 11 is 0. The Morgan fingerprint density at radius 1 is 1.00 bits per heavy atom. The molecule has 0 spiro atoms. The Bertz CT molecular complexity index is 1210. The summed E-state index contributed by atoms with van der Waals surface area (Å²) in [5, 5.41) is 13.3. The number of hydrogen-bond donors (Lipinski definition) is 1. The molecule has 1 atom stereocenters. The number of Topliss-reactive ketones (excluding diaryl/α,β-unsaturated/α-hetero) is 1. The van der Waals surface area contributed by atoms with Gasteiger partial charge in [-0.1, -0.05) is 61.9 Å². The molecular formula is C28H29NO4. The molecule has 5 nitrogen and oxygen atoms in total. The van der Waals surface area contributed by atoms with Crippen LogP contribution in [0.2, 0.25) is 0 Å². The van der Waals surface area contributed by atoms with Crippen molar-refractivity contribution in [3.8, 4) is 5.75 Å². The van der Waals surface area contributed by atoms with E-state index in [0.717, 1.165) is 29.2 Å². The number of carbonyl (C=O) groups is 2. The molecular weight excluding hydrogens is 414 g/mol. The van der Waals surface area contributed by atoms with E-state index in [4.69, 9.17) is 4.74 Å². The quantitative estimate of drug-likeness (QED) is 0.283. The number of rotatable bonds is 7. The van der Waals surface area contributed by atoms with Gasteiger partial charge in [0.15, 0.2) is 0 Å². The Morgan fingerprint density at radius 2 is 1.70 bits per heavy atom. The molecule has 1 aliphatic heterocycles. The van der Waals surface area contributed by atoms with Crippen molar-refractivity contribution in [3.05, 3.63) is 83.4 Å². The number of aliphatic hydroxyl groups is 1. The Balaban J connectivity index is 1.82. The molecule has 1 amide bonds. The molecule has 1 aliphatic rings. The van der Waals surface area contributed by atoms with E-state index < -0.39 is 17.7 Å². The minimum atomic E-state index is -0.649. The third-order valence-corrected chi connectivity index (χ3v) is 5.88. The van der Waals surface area contributed by atoms with Crippen LogP contribution in [0.25, 0.3) is 16.5 Å². The van der Waals surface area contributed by atoms with Gasteiger partial charge < -0.3 is 14.7 Å². The van der Waals surface area contributed by atoms with Gasteiger partial charge in [-0.2, -0.15) is 0 Å². The summed E-state index contributed by atoms with van der Waals surface area (Å²) in [6.07, 6.45) is 1.70. The van der Waals surface area contributed by atoms with Crippen LogP contribution in [0, 0.1) is 0 Å². The van der Waals surface area contributed by atoms with Crippen LogP contribution in [0.5, 0.6) is 5.75 Å². The number of ketones is 1. The maximum absolute atomic E-state index is 13.1. The van der Waals surface area contributed by atoms with E-state index in [1.165, 1.54) is 0 Å². The summed E-state index contributed by atoms with van der Waals surface area (Å²) in [4.78, 5) is 27.7. The van der Waals surface area contributed by atoms with Gasteiger partial charge in [-0.3, -0.25) is 9.59 Å². The first-order valence-electron chi connectivity index (χ1n) is 11.4. The van der Waals surface area contributed by atoms with E-state index in [1.807, 2.05) is 81.4 Å². The fourth-order valence-corrected chi connectivity index (χ4v) is 4.28. The lowest BCUT2D eigenvalue weighted by atomic mass is 9.94. The number of unbranched alkanes of at least 4 members (excludes halogenated alkanes) is 1. The smallest absolute Gasteiger partial charge is 0.295 e. The molecule has 4 rings (SSSR count). The molecule has 1 unspecified atom stereocenters. The largest absolute Gasteiger partial charge is 0.507 e. The van der Waals surface area contributed by atoms with Gasteiger partial charge in [-0.05, 0) is 54.8 Å². The molecule has 0 saturated carbocycles. The summed E-state index contributed by atoms with van der Waals surface area (Å²) in [6, 6.07) is 20.1. The van der Waals surface area contributed by atoms with E-state index >= 15 is 0 Å². The molecule has 3 aromatic rings. The Hall–Kier alpha value is -3.60. The minimum Gasteiger partial charge on any atom is -0.507 e. The molecule has 3 aromatic carbocycles. The highest BCUT2D eigenvalue weighted by Crippen LogP contribution is 2.40. The average Bonchev–Trinajstić information content (AvgIpc) is 3.07. The lowest BCUT2D eigenvalue weighted by Crippen LogP contribution is -2.30. The Labute approximate surface area is 194 Å². The highest BCUT2D eigenvalue weighted by atomic mass is 16.5. The van der Waals surface area contributed by atoms with E-state index in [9.17, 15) is 14.7 Å². The second-order valence-corrected chi connectivity index (χ2v) is 8.64. The van der Waals surface area contributed by atoms with Gasteiger partial charge in [-0.15, -0.1) is 0 Å². The molecule has 5 heteroatoms. The molecule has 170 valence electrons. The van der Waals surface area contributed by atoms with Gasteiger partial charge in [0.2, 0.25) is 0 Å². The van der Waals surface area contributed by atoms with Crippen molar-refractivity contribution in [2.45, 2.75) is 45.8 Å². The number of amides is 1. The van der Waals surface area contributed by atoms with Crippen LogP contribution in [0.4, 0.5) is 0 Å². The molecule has 1 heterocycles. The van der Waals surface area contributed by atoms with Crippen molar-refractivity contribution in [2.24, 2.45) is 0 Å². The van der Waals surface area contributed by atoms with Crippen molar-refractivity contribution in [2.75, 3.05) is 6.54 Å². The maximum atomic E-state index is 13.1. The zero-order valence-electron chi connectivity index (χ0n) is 19.2. The Morgan fingerprint density at radius 3 is 2.36 bits per heavy atom. The van der Waals surface area contributed by atoms with Gasteiger partial charge in [0.1, 0.15) is 11.5 Å². The van der Waals surface area contributed by atoms with Gasteiger partial charge in [0.25, 0.3) is 11.7 Å². The standard InChI is InChI=1S/C28H29NO4/c1-4-5-16-29-25(20-12-14-23(15-13-20)33-18(2)3)24(27(31)28(29)32)26(30)22-11-10-19-8-6-7-9-21(19)17-22/h6-15,17-18,25,30H,4-5,16H2,1-3H3/b26-24-. The predicted molar refractivity (Wildman–Crippen MR) is 130 cm³/mol. The lowest BCUT2D eigenvalue weighted by molar-refractivity contribution is -0.139. The molecule has 1 fully saturated rings. The molecule has 33 heavy (non-hydrogen) atoms. The first kappa shape index (κ1) is 22.6. The normalized spacial score (nSPS) is 17.8. The third kappa shape index (κ3) is 4.49. The average molecular weight is 444 g/mol. The molecule has 1 saturated heterocycles. The highest BCUT2D eigenvalue weighted by molar-refractivity contribution is 6.46. The lowest BCUT2D eigenvalue weighted by Gasteiger charge is -2.25. The van der Waals surface area contributed by atoms with Crippen LogP contribution >= 0.6 is 0 Å². The zero-order valence-corrected chi connectivity index (χ0v) is 19.2. The summed E-state index contributed by atoms with van der Waals surface area (Å²) in [7, 11) is 0. The van der Waals surface area contributed by atoms with Crippen LogP contribution in [0.15, 0.2) is 72.3 Å². The minimum absolute atomic E-state index is 0.0407. The number of benzene rings is 3. The van der Waals surface area contributed by atoms with Crippen molar-refractivity contribution in [3.63, 3.8) is 0 Å². The Kier molecular flexibility index (Phi) is 6.50. The van der Waals surface area contributed by atoms with E-state index in [0.29, 0.717) is 17.9 Å². The highest BCUT2D eigenvalue weighted by Gasteiger charge is 2.45. The van der Waals surface area contributed by atoms with Crippen LogP contribution in [0.1, 0.15) is 50.8 Å². The second-order valence-electron chi connectivity index (χ2n) is 8.64. The van der Waals surface area contributed by atoms with Crippen LogP contribution < -0.4 is 4.74 Å². The number of nitrogens with zero attached hydrogens (tertiary/aromatic N) is 1.